The number of hydrogen-bond donors (Lipinski definition) is 2. The molecule has 0 radical (unpaired) electrons. The van der Waals surface area contributed by atoms with Gasteiger partial charge in [-0.05, 0) is 37.6 Å². The quantitative estimate of drug-likeness (QED) is 0.784. The maximum Gasteiger partial charge on any atom is 0.421 e. The molecule has 0 saturated carbocycles. The average molecular weight is 367 g/mol. The fraction of sp³-hybridized carbons (Fsp3) is 0.600. The summed E-state index contributed by atoms with van der Waals surface area (Å²) < 4.78 is 70.8. The predicted octanol–water partition coefficient (Wildman–Crippen LogP) is 2.23. The van der Waals surface area contributed by atoms with Crippen molar-refractivity contribution in [2.75, 3.05) is 19.7 Å². The van der Waals surface area contributed by atoms with Gasteiger partial charge in [-0.15, -0.1) is 0 Å². The highest BCUT2D eigenvalue weighted by Crippen LogP contribution is 2.35. The van der Waals surface area contributed by atoms with E-state index in [0.29, 0.717) is 25.6 Å². The monoisotopic (exact) mass is 367 g/mol. The minimum Gasteiger partial charge on any atom is -0.470 e. The lowest BCUT2D eigenvalue weighted by Crippen LogP contribution is -2.54. The summed E-state index contributed by atoms with van der Waals surface area (Å²) in [6.07, 6.45) is -3.33. The Kier molecular flexibility index (Phi) is 5.81. The number of amides is 1. The molecule has 140 valence electrons. The topological polar surface area (TPSA) is 63.2 Å². The van der Waals surface area contributed by atoms with Gasteiger partial charge >= 0.3 is 12.1 Å². The van der Waals surface area contributed by atoms with Crippen LogP contribution in [0, 0.1) is 5.92 Å². The Morgan fingerprint density at radius 1 is 1.40 bits per heavy atom. The van der Waals surface area contributed by atoms with Crippen LogP contribution in [-0.4, -0.2) is 42.6 Å². The number of ether oxygens (including phenoxy) is 1. The lowest BCUT2D eigenvalue weighted by atomic mass is 9.95. The molecule has 1 amide bonds. The van der Waals surface area contributed by atoms with Crippen LogP contribution in [0.25, 0.3) is 0 Å². The van der Waals surface area contributed by atoms with Crippen molar-refractivity contribution in [3.8, 4) is 5.88 Å². The van der Waals surface area contributed by atoms with Crippen LogP contribution in [0.15, 0.2) is 18.3 Å². The summed E-state index contributed by atoms with van der Waals surface area (Å²) in [5.41, 5.74) is -1.28. The zero-order valence-corrected chi connectivity index (χ0v) is 13.4. The highest BCUT2D eigenvalue weighted by molar-refractivity contribution is 5.83. The largest absolute Gasteiger partial charge is 0.470 e. The van der Waals surface area contributed by atoms with E-state index in [0.717, 1.165) is 12.3 Å². The van der Waals surface area contributed by atoms with Gasteiger partial charge in [0, 0.05) is 12.2 Å². The van der Waals surface area contributed by atoms with E-state index >= 15 is 0 Å². The number of alkyl halides is 5. The van der Waals surface area contributed by atoms with Gasteiger partial charge in [0.25, 0.3) is 5.91 Å². The summed E-state index contributed by atoms with van der Waals surface area (Å²) in [6, 6.07) is 1.25. The first-order chi connectivity index (χ1) is 11.6. The Balaban J connectivity index is 2.00. The van der Waals surface area contributed by atoms with Crippen molar-refractivity contribution < 1.29 is 31.5 Å². The molecule has 1 saturated heterocycles. The lowest BCUT2D eigenvalue weighted by molar-refractivity contribution is -0.152. The van der Waals surface area contributed by atoms with E-state index in [1.54, 1.807) is 6.92 Å². The molecule has 0 aromatic carbocycles. The summed E-state index contributed by atoms with van der Waals surface area (Å²) in [5.74, 6) is -6.58. The minimum atomic E-state index is -4.80. The molecular weight excluding hydrogens is 349 g/mol. The molecule has 1 aliphatic rings. The van der Waals surface area contributed by atoms with Gasteiger partial charge in [-0.2, -0.15) is 22.0 Å². The molecule has 0 spiro atoms. The smallest absolute Gasteiger partial charge is 0.421 e. The molecule has 25 heavy (non-hydrogen) atoms. The molecule has 0 aliphatic carbocycles. The van der Waals surface area contributed by atoms with Gasteiger partial charge < -0.3 is 15.4 Å². The zero-order valence-electron chi connectivity index (χ0n) is 13.4. The van der Waals surface area contributed by atoms with Crippen molar-refractivity contribution in [3.05, 3.63) is 23.9 Å². The summed E-state index contributed by atoms with van der Waals surface area (Å²) >= 11 is 0. The SMILES string of the molecule is C[C@H]1CNCC[C@@H]1NC(=O)C(F)(F)COc1ncccc1C(F)(F)F. The Labute approximate surface area is 140 Å². The van der Waals surface area contributed by atoms with Crippen molar-refractivity contribution in [1.29, 1.82) is 0 Å². The molecule has 1 aromatic rings. The van der Waals surface area contributed by atoms with E-state index in [1.807, 2.05) is 0 Å². The van der Waals surface area contributed by atoms with E-state index in [2.05, 4.69) is 20.4 Å². The minimum absolute atomic E-state index is 0.0398. The van der Waals surface area contributed by atoms with Crippen molar-refractivity contribution in [1.82, 2.24) is 15.6 Å². The van der Waals surface area contributed by atoms with Crippen LogP contribution in [0.3, 0.4) is 0 Å². The Bertz CT molecular complexity index is 609. The molecule has 1 aliphatic heterocycles. The van der Waals surface area contributed by atoms with Gasteiger partial charge in [0.05, 0.1) is 0 Å². The number of halogens is 5. The molecule has 1 aromatic heterocycles. The number of carbonyl (C=O) groups excluding carboxylic acids is 1. The van der Waals surface area contributed by atoms with Crippen molar-refractivity contribution in [2.45, 2.75) is 31.5 Å². The van der Waals surface area contributed by atoms with Crippen molar-refractivity contribution >= 4 is 5.91 Å². The van der Waals surface area contributed by atoms with E-state index in [4.69, 9.17) is 0 Å². The van der Waals surface area contributed by atoms with Crippen LogP contribution >= 0.6 is 0 Å². The van der Waals surface area contributed by atoms with Gasteiger partial charge in [-0.1, -0.05) is 6.92 Å². The molecule has 2 N–H and O–H groups in total. The molecule has 1 fully saturated rings. The highest BCUT2D eigenvalue weighted by atomic mass is 19.4. The normalized spacial score (nSPS) is 21.7. The number of nitrogens with one attached hydrogen (secondary N) is 2. The number of hydrogen-bond acceptors (Lipinski definition) is 4. The van der Waals surface area contributed by atoms with E-state index in [1.165, 1.54) is 0 Å². The second-order valence-corrected chi connectivity index (χ2v) is 5.90. The van der Waals surface area contributed by atoms with Crippen LogP contribution in [0.1, 0.15) is 18.9 Å². The Morgan fingerprint density at radius 2 is 2.12 bits per heavy atom. The number of piperidine rings is 1. The third-order valence-electron chi connectivity index (χ3n) is 3.90. The predicted molar refractivity (Wildman–Crippen MR) is 78.3 cm³/mol. The third-order valence-corrected chi connectivity index (χ3v) is 3.90. The summed E-state index contributed by atoms with van der Waals surface area (Å²) in [5, 5.41) is 5.30. The van der Waals surface area contributed by atoms with Crippen molar-refractivity contribution in [3.63, 3.8) is 0 Å². The summed E-state index contributed by atoms with van der Waals surface area (Å²) in [4.78, 5) is 15.1. The van der Waals surface area contributed by atoms with Gasteiger partial charge in [0.2, 0.25) is 5.88 Å². The highest BCUT2D eigenvalue weighted by Gasteiger charge is 2.43. The fourth-order valence-corrected chi connectivity index (χ4v) is 2.45. The van der Waals surface area contributed by atoms with Gasteiger partial charge in [-0.3, -0.25) is 4.79 Å². The number of aromatic nitrogens is 1. The van der Waals surface area contributed by atoms with Crippen LogP contribution in [0.4, 0.5) is 22.0 Å². The molecular formula is C15H18F5N3O2. The Hall–Kier alpha value is -1.97. The molecule has 5 nitrogen and oxygen atoms in total. The van der Waals surface area contributed by atoms with Gasteiger partial charge in [0.15, 0.2) is 6.61 Å². The number of rotatable bonds is 5. The van der Waals surface area contributed by atoms with Crippen LogP contribution < -0.4 is 15.4 Å². The van der Waals surface area contributed by atoms with Gasteiger partial charge in [0.1, 0.15) is 5.56 Å². The Morgan fingerprint density at radius 3 is 2.76 bits per heavy atom. The molecule has 0 bridgehead atoms. The van der Waals surface area contributed by atoms with E-state index in [-0.39, 0.29) is 5.92 Å². The molecule has 2 heterocycles. The molecule has 2 atom stereocenters. The van der Waals surface area contributed by atoms with Crippen LogP contribution in [-0.2, 0) is 11.0 Å². The number of nitrogens with zero attached hydrogens (tertiary/aromatic N) is 1. The van der Waals surface area contributed by atoms with Crippen LogP contribution in [0.5, 0.6) is 5.88 Å². The molecule has 0 unspecified atom stereocenters. The summed E-state index contributed by atoms with van der Waals surface area (Å²) in [7, 11) is 0. The lowest BCUT2D eigenvalue weighted by Gasteiger charge is -2.31. The standard InChI is InChI=1S/C15H18F5N3O2/c1-9-7-21-6-4-11(9)23-13(24)14(16,17)8-25-12-10(15(18,19)20)3-2-5-22-12/h2-3,5,9,11,21H,4,6-8H2,1H3,(H,23,24)/t9-,11-/m0/s1. The zero-order chi connectivity index (χ0) is 18.7. The number of carbonyl (C=O) groups is 1. The first-order valence-electron chi connectivity index (χ1n) is 7.66. The van der Waals surface area contributed by atoms with Gasteiger partial charge in [-0.25, -0.2) is 4.98 Å². The first-order valence-corrected chi connectivity index (χ1v) is 7.66. The number of pyridine rings is 1. The second kappa shape index (κ2) is 7.51. The maximum absolute atomic E-state index is 14.0. The maximum atomic E-state index is 14.0. The average Bonchev–Trinajstić information content (AvgIpc) is 2.54. The van der Waals surface area contributed by atoms with E-state index in [9.17, 15) is 26.7 Å². The molecule has 2 rings (SSSR count). The van der Waals surface area contributed by atoms with Crippen LogP contribution in [0.2, 0.25) is 0 Å². The summed E-state index contributed by atoms with van der Waals surface area (Å²) in [6.45, 7) is 1.43. The van der Waals surface area contributed by atoms with Crippen molar-refractivity contribution in [2.24, 2.45) is 5.92 Å². The second-order valence-electron chi connectivity index (χ2n) is 5.90. The third kappa shape index (κ3) is 5.00. The molecule has 10 heteroatoms. The first kappa shape index (κ1) is 19.4. The fourth-order valence-electron chi connectivity index (χ4n) is 2.45. The van der Waals surface area contributed by atoms with E-state index < -0.39 is 42.1 Å².